The first-order chi connectivity index (χ1) is 15.2. The number of aromatic nitrogens is 3. The lowest BCUT2D eigenvalue weighted by Crippen LogP contribution is -2.70. The van der Waals surface area contributed by atoms with E-state index in [-0.39, 0.29) is 11.6 Å². The van der Waals surface area contributed by atoms with Gasteiger partial charge in [0.05, 0.1) is 12.4 Å². The van der Waals surface area contributed by atoms with E-state index in [4.69, 9.17) is 0 Å². The third-order valence-electron chi connectivity index (χ3n) is 6.89. The van der Waals surface area contributed by atoms with Gasteiger partial charge in [-0.05, 0) is 62.5 Å². The fraction of sp³-hybridized carbons (Fsp3) is 0.500. The van der Waals surface area contributed by atoms with Crippen molar-refractivity contribution in [2.75, 3.05) is 0 Å². The highest BCUT2D eigenvalue weighted by atomic mass is 19.4. The van der Waals surface area contributed by atoms with Crippen molar-refractivity contribution in [1.82, 2.24) is 25.6 Å². The molecule has 4 saturated carbocycles. The predicted molar refractivity (Wildman–Crippen MR) is 106 cm³/mol. The molecule has 0 aromatic carbocycles. The Morgan fingerprint density at radius 3 is 2.00 bits per heavy atom. The largest absolute Gasteiger partial charge is 0.434 e. The van der Waals surface area contributed by atoms with Gasteiger partial charge >= 0.3 is 6.18 Å². The molecule has 4 aliphatic rings. The highest BCUT2D eigenvalue weighted by Gasteiger charge is 2.59. The Kier molecular flexibility index (Phi) is 4.72. The van der Waals surface area contributed by atoms with Crippen LogP contribution in [0.25, 0.3) is 0 Å². The van der Waals surface area contributed by atoms with Crippen LogP contribution in [0.2, 0.25) is 0 Å². The third kappa shape index (κ3) is 3.82. The number of hydrogen-bond acceptors (Lipinski definition) is 5. The van der Waals surface area contributed by atoms with E-state index < -0.39 is 28.9 Å². The number of nitrogens with zero attached hydrogens (tertiary/aromatic N) is 3. The van der Waals surface area contributed by atoms with E-state index in [1.165, 1.54) is 0 Å². The molecule has 2 aromatic rings. The molecular formula is C22H22F3N5O2. The maximum atomic E-state index is 12.8. The number of alkyl halides is 3. The fourth-order valence-corrected chi connectivity index (χ4v) is 6.25. The number of rotatable bonds is 4. The number of pyridine rings is 1. The van der Waals surface area contributed by atoms with Crippen LogP contribution >= 0.6 is 0 Å². The lowest BCUT2D eigenvalue weighted by Gasteiger charge is -2.62. The molecule has 2 atom stereocenters. The average molecular weight is 445 g/mol. The van der Waals surface area contributed by atoms with E-state index in [1.807, 2.05) is 0 Å². The lowest BCUT2D eigenvalue weighted by atomic mass is 9.49. The molecule has 4 fully saturated rings. The highest BCUT2D eigenvalue weighted by Crippen LogP contribution is 2.57. The van der Waals surface area contributed by atoms with Gasteiger partial charge in [-0.1, -0.05) is 6.07 Å². The van der Waals surface area contributed by atoms with Crippen molar-refractivity contribution >= 4 is 11.8 Å². The van der Waals surface area contributed by atoms with Gasteiger partial charge < -0.3 is 10.6 Å². The maximum Gasteiger partial charge on any atom is 0.434 e. The SMILES string of the molecule is O=C(NC12CC3CC(C1)CC(NC(=O)c1cnc(C(F)(F)F)cn1)(C3)C2)c1ccccn1. The highest BCUT2D eigenvalue weighted by molar-refractivity contribution is 5.93. The first-order valence-corrected chi connectivity index (χ1v) is 10.6. The molecule has 168 valence electrons. The van der Waals surface area contributed by atoms with Crippen molar-refractivity contribution in [1.29, 1.82) is 0 Å². The second kappa shape index (κ2) is 7.25. The van der Waals surface area contributed by atoms with E-state index in [2.05, 4.69) is 25.6 Å². The topological polar surface area (TPSA) is 96.9 Å². The van der Waals surface area contributed by atoms with Crippen LogP contribution in [0, 0.1) is 11.8 Å². The zero-order chi connectivity index (χ0) is 22.6. The van der Waals surface area contributed by atoms with Crippen LogP contribution in [0.1, 0.15) is 65.2 Å². The van der Waals surface area contributed by atoms with Crippen LogP contribution in [0.5, 0.6) is 0 Å². The molecule has 32 heavy (non-hydrogen) atoms. The quantitative estimate of drug-likeness (QED) is 0.754. The van der Waals surface area contributed by atoms with Crippen molar-refractivity contribution in [3.63, 3.8) is 0 Å². The lowest BCUT2D eigenvalue weighted by molar-refractivity contribution is -0.141. The maximum absolute atomic E-state index is 12.8. The zero-order valence-corrected chi connectivity index (χ0v) is 17.2. The van der Waals surface area contributed by atoms with Crippen LogP contribution in [0.4, 0.5) is 13.2 Å². The summed E-state index contributed by atoms with van der Waals surface area (Å²) in [6, 6.07) is 5.17. The molecule has 2 amide bonds. The molecular weight excluding hydrogens is 423 g/mol. The summed E-state index contributed by atoms with van der Waals surface area (Å²) in [7, 11) is 0. The summed E-state index contributed by atoms with van der Waals surface area (Å²) in [5.41, 5.74) is -1.90. The Hall–Kier alpha value is -3.04. The first-order valence-electron chi connectivity index (χ1n) is 10.6. The second-order valence-corrected chi connectivity index (χ2v) is 9.43. The van der Waals surface area contributed by atoms with E-state index in [0.29, 0.717) is 30.1 Å². The number of nitrogens with one attached hydrogen (secondary N) is 2. The fourth-order valence-electron chi connectivity index (χ4n) is 6.25. The molecule has 4 aliphatic carbocycles. The molecule has 2 N–H and O–H groups in total. The van der Waals surface area contributed by atoms with Gasteiger partial charge in [-0.25, -0.2) is 9.97 Å². The predicted octanol–water partition coefficient (Wildman–Crippen LogP) is 3.14. The first kappa shape index (κ1) is 20.8. The summed E-state index contributed by atoms with van der Waals surface area (Å²) >= 11 is 0. The number of amides is 2. The summed E-state index contributed by atoms with van der Waals surface area (Å²) in [5, 5.41) is 6.24. The Morgan fingerprint density at radius 2 is 1.50 bits per heavy atom. The molecule has 4 bridgehead atoms. The molecule has 0 aliphatic heterocycles. The monoisotopic (exact) mass is 445 g/mol. The minimum absolute atomic E-state index is 0.152. The summed E-state index contributed by atoms with van der Waals surface area (Å²) < 4.78 is 38.2. The molecule has 7 nitrogen and oxygen atoms in total. The Morgan fingerprint density at radius 1 is 0.875 bits per heavy atom. The Bertz CT molecular complexity index is 1030. The number of carbonyl (C=O) groups is 2. The normalized spacial score (nSPS) is 30.7. The number of halogens is 3. The van der Waals surface area contributed by atoms with Gasteiger partial charge in [-0.3, -0.25) is 14.6 Å². The third-order valence-corrected chi connectivity index (χ3v) is 6.89. The second-order valence-electron chi connectivity index (χ2n) is 9.43. The molecule has 2 heterocycles. The van der Waals surface area contributed by atoms with Crippen LogP contribution in [-0.2, 0) is 6.18 Å². The number of hydrogen-bond donors (Lipinski definition) is 2. The molecule has 2 aromatic heterocycles. The van der Waals surface area contributed by atoms with E-state index in [1.54, 1.807) is 24.4 Å². The Labute approximate surface area is 182 Å². The van der Waals surface area contributed by atoms with Gasteiger partial charge in [0.2, 0.25) is 0 Å². The molecule has 0 saturated heterocycles. The van der Waals surface area contributed by atoms with Gasteiger partial charge in [0.25, 0.3) is 11.8 Å². The summed E-state index contributed by atoms with van der Waals surface area (Å²) in [6.45, 7) is 0. The van der Waals surface area contributed by atoms with Crippen LogP contribution < -0.4 is 10.6 Å². The number of carbonyl (C=O) groups excluding carboxylic acids is 2. The van der Waals surface area contributed by atoms with E-state index in [0.717, 1.165) is 38.3 Å². The standard InChI is InChI=1S/C22H22F3N5O2/c23-22(24,25)17-11-27-16(10-28-17)19(32)30-21-8-13-5-14(9-21)7-20(6-13,12-21)29-18(31)15-3-1-2-4-26-15/h1-4,10-11,13-14H,5-9,12H2,(H,29,31)(H,30,32). The smallest absolute Gasteiger partial charge is 0.345 e. The van der Waals surface area contributed by atoms with Crippen molar-refractivity contribution in [3.05, 3.63) is 53.9 Å². The van der Waals surface area contributed by atoms with Crippen molar-refractivity contribution in [2.45, 2.75) is 55.8 Å². The minimum atomic E-state index is -4.61. The van der Waals surface area contributed by atoms with Gasteiger partial charge in [0.1, 0.15) is 11.4 Å². The average Bonchev–Trinajstić information content (AvgIpc) is 2.72. The Balaban J connectivity index is 1.34. The molecule has 6 rings (SSSR count). The van der Waals surface area contributed by atoms with Crippen molar-refractivity contribution < 1.29 is 22.8 Å². The minimum Gasteiger partial charge on any atom is -0.345 e. The molecule has 10 heteroatoms. The van der Waals surface area contributed by atoms with E-state index in [9.17, 15) is 22.8 Å². The summed E-state index contributed by atoms with van der Waals surface area (Å²) in [5.74, 6) is -0.0550. The van der Waals surface area contributed by atoms with E-state index >= 15 is 0 Å². The van der Waals surface area contributed by atoms with Crippen LogP contribution in [0.15, 0.2) is 36.8 Å². The van der Waals surface area contributed by atoms with Gasteiger partial charge in [-0.15, -0.1) is 0 Å². The molecule has 0 spiro atoms. The van der Waals surface area contributed by atoms with Crippen LogP contribution in [-0.4, -0.2) is 37.8 Å². The summed E-state index contributed by atoms with van der Waals surface area (Å²) in [6.07, 6.45) is 3.28. The molecule has 2 unspecified atom stereocenters. The van der Waals surface area contributed by atoms with Gasteiger partial charge in [-0.2, -0.15) is 13.2 Å². The zero-order valence-electron chi connectivity index (χ0n) is 17.2. The van der Waals surface area contributed by atoms with Gasteiger partial charge in [0, 0.05) is 17.3 Å². The van der Waals surface area contributed by atoms with Crippen molar-refractivity contribution in [3.8, 4) is 0 Å². The molecule has 0 radical (unpaired) electrons. The van der Waals surface area contributed by atoms with Crippen LogP contribution in [0.3, 0.4) is 0 Å². The summed E-state index contributed by atoms with van der Waals surface area (Å²) in [4.78, 5) is 36.8. The van der Waals surface area contributed by atoms with Crippen molar-refractivity contribution in [2.24, 2.45) is 11.8 Å². The van der Waals surface area contributed by atoms with Gasteiger partial charge in [0.15, 0.2) is 5.69 Å².